The molecule has 3 heteroatoms. The summed E-state index contributed by atoms with van der Waals surface area (Å²) in [7, 11) is 0. The van der Waals surface area contributed by atoms with E-state index in [2.05, 4.69) is 252 Å². The number of aromatic nitrogens is 1. The Bertz CT molecular complexity index is 3950. The Labute approximate surface area is 388 Å². The lowest BCUT2D eigenvalue weighted by Crippen LogP contribution is -2.11. The Hall–Kier alpha value is -8.92. The molecule has 0 aliphatic heterocycles. The van der Waals surface area contributed by atoms with E-state index in [1.807, 2.05) is 12.1 Å². The quantitative estimate of drug-likeness (QED) is 0.152. The average Bonchev–Trinajstić information content (AvgIpc) is 3.95. The van der Waals surface area contributed by atoms with Gasteiger partial charge in [-0.2, -0.15) is 0 Å². The highest BCUT2D eigenvalue weighted by Crippen LogP contribution is 2.46. The third-order valence-corrected chi connectivity index (χ3v) is 13.4. The number of furan rings is 1. The fraction of sp³-hybridized carbons (Fsp3) is 0. The van der Waals surface area contributed by atoms with Crippen LogP contribution in [0.5, 0.6) is 0 Å². The monoisotopic (exact) mass is 854 g/mol. The molecule has 0 fully saturated rings. The molecule has 314 valence electrons. The maximum Gasteiger partial charge on any atom is 0.136 e. The summed E-state index contributed by atoms with van der Waals surface area (Å²) in [6, 6.07) is 92.0. The van der Waals surface area contributed by atoms with E-state index in [-0.39, 0.29) is 0 Å². The van der Waals surface area contributed by atoms with E-state index < -0.39 is 0 Å². The summed E-state index contributed by atoms with van der Waals surface area (Å²) < 4.78 is 8.70. The number of para-hydroxylation sites is 4. The summed E-state index contributed by atoms with van der Waals surface area (Å²) >= 11 is 0. The van der Waals surface area contributed by atoms with Crippen LogP contribution in [0.1, 0.15) is 0 Å². The van der Waals surface area contributed by atoms with E-state index >= 15 is 0 Å². The van der Waals surface area contributed by atoms with Crippen molar-refractivity contribution >= 4 is 71.6 Å². The summed E-state index contributed by atoms with van der Waals surface area (Å²) in [4.78, 5) is 2.41. The van der Waals surface area contributed by atoms with E-state index in [1.54, 1.807) is 0 Å². The number of hydrogen-bond donors (Lipinski definition) is 0. The molecule has 11 aromatic carbocycles. The van der Waals surface area contributed by atoms with Crippen LogP contribution in [0.3, 0.4) is 0 Å². The Kier molecular flexibility index (Phi) is 9.17. The van der Waals surface area contributed by atoms with Gasteiger partial charge in [-0.25, -0.2) is 0 Å². The van der Waals surface area contributed by atoms with Gasteiger partial charge >= 0.3 is 0 Å². The molecule has 0 radical (unpaired) electrons. The van der Waals surface area contributed by atoms with Gasteiger partial charge in [0.1, 0.15) is 11.2 Å². The van der Waals surface area contributed by atoms with E-state index in [9.17, 15) is 0 Å². The van der Waals surface area contributed by atoms with Crippen LogP contribution in [-0.2, 0) is 0 Å². The number of benzene rings is 11. The number of hydrogen-bond acceptors (Lipinski definition) is 2. The molecule has 0 spiro atoms. The van der Waals surface area contributed by atoms with Crippen LogP contribution in [0.25, 0.3) is 105 Å². The Morgan fingerprint density at radius 3 is 1.63 bits per heavy atom. The molecule has 0 saturated heterocycles. The molecule has 0 unspecified atom stereocenters. The standard InChI is InChI=1S/C64H42N2O/c1-3-16-44(17-4-1)51-25-13-18-46-19-14-27-56(63(46)51)53-22-7-10-28-58(53)65(49-37-32-43(33-38-49)47-36-41-55-54-23-9-12-31-61(54)67-62(55)42-47)50-39-34-45(35-40-50)52-26-15-30-60-64(52)57-24-8-11-29-59(57)66(60)48-20-5-2-6-21-48/h1-42H. The van der Waals surface area contributed by atoms with Gasteiger partial charge in [0.15, 0.2) is 0 Å². The molecule has 2 aromatic heterocycles. The van der Waals surface area contributed by atoms with Crippen LogP contribution >= 0.6 is 0 Å². The lowest BCUT2D eigenvalue weighted by molar-refractivity contribution is 0.669. The zero-order valence-electron chi connectivity index (χ0n) is 36.6. The maximum absolute atomic E-state index is 6.31. The summed E-state index contributed by atoms with van der Waals surface area (Å²) in [6.45, 7) is 0. The summed E-state index contributed by atoms with van der Waals surface area (Å²) in [5, 5.41) is 7.19. The van der Waals surface area contributed by atoms with Crippen molar-refractivity contribution in [2.75, 3.05) is 4.90 Å². The summed E-state index contributed by atoms with van der Waals surface area (Å²) in [5.41, 5.74) is 17.9. The Morgan fingerprint density at radius 2 is 0.851 bits per heavy atom. The van der Waals surface area contributed by atoms with E-state index in [1.165, 1.54) is 54.8 Å². The van der Waals surface area contributed by atoms with Crippen molar-refractivity contribution in [1.82, 2.24) is 4.57 Å². The summed E-state index contributed by atoms with van der Waals surface area (Å²) in [5.74, 6) is 0. The Balaban J connectivity index is 0.970. The van der Waals surface area contributed by atoms with Crippen LogP contribution in [0, 0.1) is 0 Å². The first kappa shape index (κ1) is 38.5. The zero-order chi connectivity index (χ0) is 44.3. The number of anilines is 3. The third-order valence-electron chi connectivity index (χ3n) is 13.4. The molecule has 13 rings (SSSR count). The molecule has 67 heavy (non-hydrogen) atoms. The van der Waals surface area contributed by atoms with Gasteiger partial charge in [0, 0.05) is 44.2 Å². The minimum atomic E-state index is 0.892. The van der Waals surface area contributed by atoms with Gasteiger partial charge in [0.2, 0.25) is 0 Å². The van der Waals surface area contributed by atoms with Crippen LogP contribution < -0.4 is 4.90 Å². The maximum atomic E-state index is 6.31. The van der Waals surface area contributed by atoms with E-state index in [0.717, 1.165) is 66.9 Å². The molecular formula is C64H42N2O. The number of fused-ring (bicyclic) bond motifs is 7. The Morgan fingerprint density at radius 1 is 0.313 bits per heavy atom. The normalized spacial score (nSPS) is 11.6. The van der Waals surface area contributed by atoms with Crippen LogP contribution in [-0.4, -0.2) is 4.57 Å². The molecule has 0 N–H and O–H groups in total. The predicted molar refractivity (Wildman–Crippen MR) is 282 cm³/mol. The van der Waals surface area contributed by atoms with Crippen molar-refractivity contribution in [3.8, 4) is 50.2 Å². The van der Waals surface area contributed by atoms with Crippen molar-refractivity contribution in [3.05, 3.63) is 255 Å². The highest BCUT2D eigenvalue weighted by Gasteiger charge is 2.21. The SMILES string of the molecule is c1ccc(-c2cccc3cccc(-c4ccccc4N(c4ccc(-c5ccc6c(c5)oc5ccccc56)cc4)c4ccc(-c5cccc6c5c5ccccc5n6-c5ccccc5)cc4)c23)cc1. The first-order valence-electron chi connectivity index (χ1n) is 22.9. The van der Waals surface area contributed by atoms with Gasteiger partial charge < -0.3 is 13.9 Å². The third kappa shape index (κ3) is 6.51. The molecule has 0 atom stereocenters. The number of rotatable bonds is 8. The van der Waals surface area contributed by atoms with Crippen molar-refractivity contribution < 1.29 is 4.42 Å². The molecule has 0 saturated carbocycles. The van der Waals surface area contributed by atoms with E-state index in [0.29, 0.717) is 0 Å². The lowest BCUT2D eigenvalue weighted by atomic mass is 9.90. The van der Waals surface area contributed by atoms with Gasteiger partial charge in [0.05, 0.1) is 16.7 Å². The topological polar surface area (TPSA) is 21.3 Å². The average molecular weight is 855 g/mol. The molecule has 0 bridgehead atoms. The second-order valence-corrected chi connectivity index (χ2v) is 17.2. The molecule has 0 aliphatic carbocycles. The molecule has 2 heterocycles. The van der Waals surface area contributed by atoms with Gasteiger partial charge in [-0.15, -0.1) is 0 Å². The first-order valence-corrected chi connectivity index (χ1v) is 22.9. The van der Waals surface area contributed by atoms with Crippen LogP contribution in [0.15, 0.2) is 259 Å². The second-order valence-electron chi connectivity index (χ2n) is 17.2. The number of nitrogens with zero attached hydrogens (tertiary/aromatic N) is 2. The molecule has 0 aliphatic rings. The van der Waals surface area contributed by atoms with Gasteiger partial charge in [-0.3, -0.25) is 0 Å². The van der Waals surface area contributed by atoms with Crippen molar-refractivity contribution in [2.24, 2.45) is 0 Å². The predicted octanol–water partition coefficient (Wildman–Crippen LogP) is 18.0. The fourth-order valence-corrected chi connectivity index (χ4v) is 10.4. The van der Waals surface area contributed by atoms with Gasteiger partial charge in [-0.05, 0) is 123 Å². The molecule has 0 amide bonds. The first-order chi connectivity index (χ1) is 33.2. The lowest BCUT2D eigenvalue weighted by Gasteiger charge is -2.29. The second kappa shape index (κ2) is 16.0. The molecule has 13 aromatic rings. The van der Waals surface area contributed by atoms with Gasteiger partial charge in [-0.1, -0.05) is 182 Å². The van der Waals surface area contributed by atoms with Gasteiger partial charge in [0.25, 0.3) is 0 Å². The zero-order valence-corrected chi connectivity index (χ0v) is 36.6. The van der Waals surface area contributed by atoms with Crippen molar-refractivity contribution in [2.45, 2.75) is 0 Å². The largest absolute Gasteiger partial charge is 0.456 e. The smallest absolute Gasteiger partial charge is 0.136 e. The van der Waals surface area contributed by atoms with E-state index in [4.69, 9.17) is 4.42 Å². The van der Waals surface area contributed by atoms with Crippen LogP contribution in [0.2, 0.25) is 0 Å². The highest BCUT2D eigenvalue weighted by atomic mass is 16.3. The molecule has 3 nitrogen and oxygen atoms in total. The van der Waals surface area contributed by atoms with Crippen molar-refractivity contribution in [1.29, 1.82) is 0 Å². The molecular weight excluding hydrogens is 813 g/mol. The fourth-order valence-electron chi connectivity index (χ4n) is 10.4. The minimum Gasteiger partial charge on any atom is -0.456 e. The van der Waals surface area contributed by atoms with Crippen molar-refractivity contribution in [3.63, 3.8) is 0 Å². The minimum absolute atomic E-state index is 0.892. The highest BCUT2D eigenvalue weighted by molar-refractivity contribution is 6.16. The summed E-state index contributed by atoms with van der Waals surface area (Å²) in [6.07, 6.45) is 0. The van der Waals surface area contributed by atoms with Crippen LogP contribution in [0.4, 0.5) is 17.1 Å².